The fourth-order valence-electron chi connectivity index (χ4n) is 11.4. The second kappa shape index (κ2) is 36.1. The van der Waals surface area contributed by atoms with Crippen LogP contribution in [0.15, 0.2) is 42.5 Å². The van der Waals surface area contributed by atoms with Gasteiger partial charge in [-0.15, -0.1) is 0 Å². The molecule has 0 aromatic heterocycles. The summed E-state index contributed by atoms with van der Waals surface area (Å²) in [4.78, 5) is 182. The molecule has 2 aliphatic rings. The van der Waals surface area contributed by atoms with Crippen LogP contribution in [0.5, 0.6) is 0 Å². The molecule has 0 unspecified atom stereocenters. The molecule has 24 nitrogen and oxygen atoms in total. The van der Waals surface area contributed by atoms with E-state index in [2.05, 4.69) is 26.6 Å². The topological polar surface area (TPSA) is 288 Å². The van der Waals surface area contributed by atoms with Crippen molar-refractivity contribution < 1.29 is 75.1 Å². The highest BCUT2D eigenvalue weighted by molar-refractivity contribution is 6.30. The molecule has 2 aromatic carbocycles. The standard InChI is InChI=1S/C68H101ClF4N12O12/c1-17-42(8)58-65(96)81(13)37-56(88)79(11)38-57(89)83(15)53(34-44-20-24-45(69)25-21-44)64(95)80(12)36-54(86)74-48(27-23-43-22-26-46(47(70)33-43)68(71,72)73)59(90)75-50(31-40(4)5)62(93)84(16)67(9,10)66(97)77-49(30-39(2)3)60(91)76-51(63(94)85-28-18-19-29-85)35-55(87)82(14)52(32-41(6)7)61(92)78-58/h20-22,24-26,33,39-42,48-53,58H,17-19,23,27-32,34-38H2,1-16H3,(H,74,86)(H,75,90)(H,76,91)(H,77,97)(H,78,92)/t42-,48-,49-,50-,51-,52-,53-,58-/m0/s1. The number of carbonyl (C=O) groups is 12. The van der Waals surface area contributed by atoms with E-state index in [1.807, 2.05) is 13.8 Å². The lowest BCUT2D eigenvalue weighted by Gasteiger charge is -2.38. The second-order valence-electron chi connectivity index (χ2n) is 27.6. The molecule has 2 saturated heterocycles. The molecule has 2 fully saturated rings. The van der Waals surface area contributed by atoms with Gasteiger partial charge in [0.05, 0.1) is 31.6 Å². The minimum Gasteiger partial charge on any atom is -0.343 e. The molecule has 8 atom stereocenters. The predicted octanol–water partition coefficient (Wildman–Crippen LogP) is 4.57. The summed E-state index contributed by atoms with van der Waals surface area (Å²) in [7, 11) is 7.88. The fraction of sp³-hybridized carbons (Fsp3) is 0.647. The Bertz CT molecular complexity index is 3150. The molecule has 29 heteroatoms. The number of halogens is 5. The van der Waals surface area contributed by atoms with Crippen molar-refractivity contribution in [2.24, 2.45) is 23.7 Å². The molecule has 2 aliphatic heterocycles. The summed E-state index contributed by atoms with van der Waals surface area (Å²) in [6.07, 6.45) is -4.82. The van der Waals surface area contributed by atoms with Gasteiger partial charge in [-0.1, -0.05) is 91.6 Å². The van der Waals surface area contributed by atoms with Crippen LogP contribution in [-0.2, 0) is 76.6 Å². The summed E-state index contributed by atoms with van der Waals surface area (Å²) in [5.41, 5.74) is -2.84. The summed E-state index contributed by atoms with van der Waals surface area (Å²) in [5.74, 6) is -12.4. The first-order chi connectivity index (χ1) is 45.1. The first-order valence-electron chi connectivity index (χ1n) is 33.0. The van der Waals surface area contributed by atoms with E-state index >= 15 is 0 Å². The average Bonchev–Trinajstić information content (AvgIpc) is 0.965. The van der Waals surface area contributed by atoms with Crippen LogP contribution in [0.4, 0.5) is 17.6 Å². The van der Waals surface area contributed by atoms with Crippen LogP contribution in [0.3, 0.4) is 0 Å². The number of carbonyl (C=O) groups excluding carboxylic acids is 12. The van der Waals surface area contributed by atoms with Crippen molar-refractivity contribution in [1.29, 1.82) is 0 Å². The fourth-order valence-corrected chi connectivity index (χ4v) is 11.5. The zero-order valence-electron chi connectivity index (χ0n) is 58.9. The van der Waals surface area contributed by atoms with Gasteiger partial charge in [-0.3, -0.25) is 57.5 Å². The highest BCUT2D eigenvalue weighted by Gasteiger charge is 2.44. The molecule has 0 radical (unpaired) electrons. The van der Waals surface area contributed by atoms with E-state index < -0.39 is 175 Å². The second-order valence-corrected chi connectivity index (χ2v) is 28.0. The molecule has 97 heavy (non-hydrogen) atoms. The van der Waals surface area contributed by atoms with Gasteiger partial charge in [-0.2, -0.15) is 13.2 Å². The van der Waals surface area contributed by atoms with Gasteiger partial charge in [0.1, 0.15) is 53.6 Å². The van der Waals surface area contributed by atoms with Crippen molar-refractivity contribution in [3.63, 3.8) is 0 Å². The van der Waals surface area contributed by atoms with Gasteiger partial charge in [-0.05, 0) is 118 Å². The Morgan fingerprint density at radius 2 is 1.13 bits per heavy atom. The number of nitrogens with zero attached hydrogens (tertiary/aromatic N) is 7. The van der Waals surface area contributed by atoms with Gasteiger partial charge in [0.25, 0.3) is 0 Å². The van der Waals surface area contributed by atoms with E-state index in [9.17, 15) is 75.1 Å². The highest BCUT2D eigenvalue weighted by Crippen LogP contribution is 2.32. The monoisotopic (exact) mass is 1390 g/mol. The largest absolute Gasteiger partial charge is 0.419 e. The van der Waals surface area contributed by atoms with Crippen molar-refractivity contribution in [3.05, 3.63) is 70.0 Å². The lowest BCUT2D eigenvalue weighted by Crippen LogP contribution is -2.63. The van der Waals surface area contributed by atoms with Crippen molar-refractivity contribution in [1.82, 2.24) is 60.9 Å². The number of aryl methyl sites for hydroxylation is 1. The van der Waals surface area contributed by atoms with Gasteiger partial charge >= 0.3 is 6.18 Å². The maximum absolute atomic E-state index is 15.0. The SMILES string of the molecule is CC[C@H](C)[C@@H]1NC(=O)[C@H](CC(C)C)N(C)C(=O)C[C@@H](C(=O)N2CCCC2)NC(=O)[C@H](CC(C)C)NC(=O)C(C)(C)N(C)C(=O)[C@H](CC(C)C)NC(=O)[C@H](CCc2ccc(C(F)(F)F)c(F)c2)NC(=O)CN(C)C(=O)[C@H](Cc2ccc(Cl)cc2)N(C)C(=O)CN(C)C(=O)CN(C)C1=O. The third-order valence-electron chi connectivity index (χ3n) is 17.9. The van der Waals surface area contributed by atoms with Crippen molar-refractivity contribution in [3.8, 4) is 0 Å². The number of likely N-dealkylation sites (N-methyl/N-ethyl adjacent to an activating group) is 6. The van der Waals surface area contributed by atoms with E-state index in [-0.39, 0.29) is 55.4 Å². The smallest absolute Gasteiger partial charge is 0.343 e. The van der Waals surface area contributed by atoms with Crippen molar-refractivity contribution in [2.45, 2.75) is 187 Å². The number of alkyl halides is 3. The lowest BCUT2D eigenvalue weighted by molar-refractivity contribution is -0.148. The Morgan fingerprint density at radius 1 is 0.598 bits per heavy atom. The van der Waals surface area contributed by atoms with Gasteiger partial charge in [0, 0.05) is 66.8 Å². The Balaban J connectivity index is 1.88. The maximum Gasteiger partial charge on any atom is 0.419 e. The Labute approximate surface area is 572 Å². The molecule has 2 aromatic rings. The molecular weight excluding hydrogens is 1290 g/mol. The van der Waals surface area contributed by atoms with Crippen LogP contribution in [0.1, 0.15) is 137 Å². The highest BCUT2D eigenvalue weighted by atomic mass is 35.5. The van der Waals surface area contributed by atoms with E-state index in [0.29, 0.717) is 55.1 Å². The van der Waals surface area contributed by atoms with Gasteiger partial charge in [0.15, 0.2) is 0 Å². The number of nitrogens with one attached hydrogen (secondary N) is 5. The lowest BCUT2D eigenvalue weighted by atomic mass is 9.95. The molecular formula is C68H101ClF4N12O12. The Hall–Kier alpha value is -7.91. The summed E-state index contributed by atoms with van der Waals surface area (Å²) in [6.45, 7) is 15.7. The number of benzene rings is 2. The molecule has 540 valence electrons. The molecule has 12 amide bonds. The molecule has 0 aliphatic carbocycles. The molecule has 0 spiro atoms. The van der Waals surface area contributed by atoms with Crippen LogP contribution in [0, 0.1) is 29.5 Å². The quantitative estimate of drug-likeness (QED) is 0.163. The van der Waals surface area contributed by atoms with Crippen molar-refractivity contribution in [2.75, 3.05) is 75.0 Å². The average molecular weight is 1390 g/mol. The van der Waals surface area contributed by atoms with E-state index in [1.165, 1.54) is 61.0 Å². The third-order valence-corrected chi connectivity index (χ3v) is 18.2. The van der Waals surface area contributed by atoms with Crippen LogP contribution < -0.4 is 26.6 Å². The zero-order valence-corrected chi connectivity index (χ0v) is 59.7. The number of hydrogen-bond acceptors (Lipinski definition) is 12. The van der Waals surface area contributed by atoms with Crippen LogP contribution >= 0.6 is 11.6 Å². The van der Waals surface area contributed by atoms with Gasteiger partial charge in [-0.25, -0.2) is 4.39 Å². The number of amides is 12. The maximum atomic E-state index is 15.0. The summed E-state index contributed by atoms with van der Waals surface area (Å²) in [5, 5.41) is 13.9. The van der Waals surface area contributed by atoms with Crippen molar-refractivity contribution >= 4 is 82.5 Å². The molecule has 0 saturated carbocycles. The van der Waals surface area contributed by atoms with Crippen LogP contribution in [0.25, 0.3) is 0 Å². The summed E-state index contributed by atoms with van der Waals surface area (Å²) < 4.78 is 55.9. The predicted molar refractivity (Wildman–Crippen MR) is 356 cm³/mol. The normalized spacial score (nSPS) is 23.6. The molecule has 2 heterocycles. The van der Waals surface area contributed by atoms with E-state index in [0.717, 1.165) is 35.5 Å². The minimum absolute atomic E-state index is 0.000538. The molecule has 4 rings (SSSR count). The Morgan fingerprint density at radius 3 is 1.69 bits per heavy atom. The number of likely N-dealkylation sites (tertiary alicyclic amines) is 1. The first kappa shape index (κ1) is 81.5. The van der Waals surface area contributed by atoms with Gasteiger partial charge < -0.3 is 60.9 Å². The number of hydrogen-bond donors (Lipinski definition) is 5. The van der Waals surface area contributed by atoms with E-state index in [4.69, 9.17) is 11.6 Å². The van der Waals surface area contributed by atoms with Crippen LogP contribution in [0.2, 0.25) is 5.02 Å². The van der Waals surface area contributed by atoms with E-state index in [1.54, 1.807) is 65.8 Å². The van der Waals surface area contributed by atoms with Crippen LogP contribution in [-0.4, -0.2) is 228 Å². The first-order valence-corrected chi connectivity index (χ1v) is 33.4. The molecule has 5 N–H and O–H groups in total. The molecule has 0 bridgehead atoms. The minimum atomic E-state index is -5.03. The number of rotatable bonds is 14. The van der Waals surface area contributed by atoms with Gasteiger partial charge in [0.2, 0.25) is 70.9 Å². The summed E-state index contributed by atoms with van der Waals surface area (Å²) in [6, 6.07) is -1.25. The Kier molecular flexibility index (Phi) is 30.3. The zero-order chi connectivity index (χ0) is 73.3. The summed E-state index contributed by atoms with van der Waals surface area (Å²) >= 11 is 6.20. The third kappa shape index (κ3) is 23.4.